The predicted molar refractivity (Wildman–Crippen MR) is 170 cm³/mol. The van der Waals surface area contributed by atoms with Crippen LogP contribution >= 0.6 is 0 Å². The number of piperazine rings is 1. The van der Waals surface area contributed by atoms with Gasteiger partial charge < -0.3 is 20.4 Å². The molecule has 1 atom stereocenters. The Morgan fingerprint density at radius 1 is 1.00 bits per heavy atom. The molecule has 2 fully saturated rings. The van der Waals surface area contributed by atoms with Gasteiger partial charge in [0.2, 0.25) is 6.41 Å². The summed E-state index contributed by atoms with van der Waals surface area (Å²) in [6, 6.07) is 19.7. The summed E-state index contributed by atoms with van der Waals surface area (Å²) in [5.74, 6) is 1.42. The third kappa shape index (κ3) is 7.71. The number of rotatable bonds is 5. The summed E-state index contributed by atoms with van der Waals surface area (Å²) in [5, 5.41) is 9.39. The monoisotopic (exact) mass is 578 g/mol. The van der Waals surface area contributed by atoms with E-state index in [2.05, 4.69) is 65.8 Å². The Labute approximate surface area is 252 Å². The molecular weight excluding hydrogens is 540 g/mol. The van der Waals surface area contributed by atoms with E-state index in [4.69, 9.17) is 15.5 Å². The number of nitrogens with zero attached hydrogens (tertiary/aromatic N) is 7. The number of hydrogen-bond acceptors (Lipinski definition) is 8. The van der Waals surface area contributed by atoms with Gasteiger partial charge in [0.15, 0.2) is 0 Å². The lowest BCUT2D eigenvalue weighted by Gasteiger charge is -2.28. The number of allylic oxidation sites excluding steroid dienone is 1. The Kier molecular flexibility index (Phi) is 10.7. The van der Waals surface area contributed by atoms with Crippen molar-refractivity contribution in [3.05, 3.63) is 84.6 Å². The van der Waals surface area contributed by atoms with Crippen molar-refractivity contribution in [2.45, 2.75) is 12.3 Å². The van der Waals surface area contributed by atoms with Crippen molar-refractivity contribution in [2.24, 2.45) is 0 Å². The van der Waals surface area contributed by atoms with Crippen LogP contribution in [0.15, 0.2) is 73.4 Å². The minimum Gasteiger partial charge on any atom is -0.383 e. The summed E-state index contributed by atoms with van der Waals surface area (Å²) >= 11 is 0. The molecule has 0 bridgehead atoms. The summed E-state index contributed by atoms with van der Waals surface area (Å²) in [5.41, 5.74) is 11.2. The van der Waals surface area contributed by atoms with Gasteiger partial charge in [-0.1, -0.05) is 18.7 Å². The molecule has 1 amide bonds. The number of nitriles is 1. The maximum atomic E-state index is 11.0. The average molecular weight is 579 g/mol. The number of pyridine rings is 1. The molecule has 2 aromatic heterocycles. The van der Waals surface area contributed by atoms with Crippen LogP contribution in [0.5, 0.6) is 0 Å². The summed E-state index contributed by atoms with van der Waals surface area (Å²) in [6.45, 7) is 9.59. The van der Waals surface area contributed by atoms with Crippen LogP contribution in [0.2, 0.25) is 0 Å². The first kappa shape index (κ1) is 31.1. The largest absolute Gasteiger partial charge is 0.383 e. The summed E-state index contributed by atoms with van der Waals surface area (Å²) in [4.78, 5) is 35.7. The van der Waals surface area contributed by atoms with Crippen LogP contribution in [0.1, 0.15) is 23.5 Å². The maximum Gasteiger partial charge on any atom is 0.209 e. The summed E-state index contributed by atoms with van der Waals surface area (Å²) in [7, 11) is 4.35. The number of carbonyl (C=O) groups is 2. The smallest absolute Gasteiger partial charge is 0.209 e. The molecule has 10 heteroatoms. The second-order valence-corrected chi connectivity index (χ2v) is 10.7. The predicted octanol–water partition coefficient (Wildman–Crippen LogP) is 3.72. The molecule has 6 rings (SSSR count). The number of aromatic nitrogens is 3. The van der Waals surface area contributed by atoms with Gasteiger partial charge in [0.05, 0.1) is 28.2 Å². The normalized spacial score (nSPS) is 16.8. The van der Waals surface area contributed by atoms with E-state index in [1.165, 1.54) is 37.8 Å². The fourth-order valence-electron chi connectivity index (χ4n) is 5.15. The fraction of sp³-hybridized carbons (Fsp3) is 0.303. The highest BCUT2D eigenvalue weighted by molar-refractivity contribution is 5.86. The first-order valence-corrected chi connectivity index (χ1v) is 14.2. The molecular formula is C33H38N8O2. The number of aldehydes is 1. The number of imidazole rings is 1. The van der Waals surface area contributed by atoms with Crippen molar-refractivity contribution >= 4 is 29.5 Å². The number of nitrogen functional groups attached to an aromatic ring is 1. The van der Waals surface area contributed by atoms with Crippen LogP contribution in [0.3, 0.4) is 0 Å². The van der Waals surface area contributed by atoms with E-state index >= 15 is 0 Å². The summed E-state index contributed by atoms with van der Waals surface area (Å²) < 4.78 is 2.01. The van der Waals surface area contributed by atoms with Gasteiger partial charge in [0, 0.05) is 57.1 Å². The molecule has 4 heterocycles. The van der Waals surface area contributed by atoms with Gasteiger partial charge in [-0.15, -0.1) is 0 Å². The lowest BCUT2D eigenvalue weighted by Crippen LogP contribution is -2.42. The first-order valence-electron chi connectivity index (χ1n) is 14.2. The van der Waals surface area contributed by atoms with Gasteiger partial charge in [-0.3, -0.25) is 14.2 Å². The third-order valence-corrected chi connectivity index (χ3v) is 7.68. The molecule has 0 aliphatic carbocycles. The van der Waals surface area contributed by atoms with Gasteiger partial charge in [0.25, 0.3) is 0 Å². The number of hydrogen-bond donors (Lipinski definition) is 1. The number of amides is 1. The van der Waals surface area contributed by atoms with Gasteiger partial charge in [-0.2, -0.15) is 5.26 Å². The van der Waals surface area contributed by atoms with Gasteiger partial charge in [0.1, 0.15) is 17.9 Å². The minimum atomic E-state index is 0.345. The molecule has 2 saturated heterocycles. The topological polar surface area (TPSA) is 124 Å². The number of fused-ring (bicyclic) bond motifs is 1. The zero-order valence-corrected chi connectivity index (χ0v) is 24.8. The van der Waals surface area contributed by atoms with Crippen molar-refractivity contribution in [3.63, 3.8) is 0 Å². The molecule has 222 valence electrons. The van der Waals surface area contributed by atoms with E-state index in [0.29, 0.717) is 29.4 Å². The molecule has 10 nitrogen and oxygen atoms in total. The van der Waals surface area contributed by atoms with Crippen molar-refractivity contribution in [2.75, 3.05) is 59.1 Å². The highest BCUT2D eigenvalue weighted by Gasteiger charge is 2.23. The maximum absolute atomic E-state index is 11.0. The van der Waals surface area contributed by atoms with Gasteiger partial charge >= 0.3 is 0 Å². The highest BCUT2D eigenvalue weighted by atomic mass is 16.1. The first-order chi connectivity index (χ1) is 20.9. The van der Waals surface area contributed by atoms with Crippen LogP contribution in [0.4, 0.5) is 5.82 Å². The number of carbonyl (C=O) groups excluding carboxylic acids is 2. The quantitative estimate of drug-likeness (QED) is 0.281. The molecule has 2 aromatic carbocycles. The average Bonchev–Trinajstić information content (AvgIpc) is 3.68. The number of likely N-dealkylation sites (tertiary alicyclic amines) is 1. The molecule has 4 aromatic rings. The van der Waals surface area contributed by atoms with Gasteiger partial charge in [-0.25, -0.2) is 9.97 Å². The van der Waals surface area contributed by atoms with Crippen LogP contribution in [0.25, 0.3) is 28.1 Å². The Morgan fingerprint density at radius 3 is 2.23 bits per heavy atom. The van der Waals surface area contributed by atoms with Crippen LogP contribution in [0, 0.1) is 11.3 Å². The molecule has 1 unspecified atom stereocenters. The van der Waals surface area contributed by atoms with E-state index in [0.717, 1.165) is 48.2 Å². The SMILES string of the molecule is C=CC=O.CN1CCN(C)CC1.N#Cc1ccc2nc(-c3cccnc3N)n(-c3ccc(C4CCN(C=O)C4)cc3)c2c1. The van der Waals surface area contributed by atoms with Crippen LogP contribution < -0.4 is 5.73 Å². The molecule has 0 spiro atoms. The van der Waals surface area contributed by atoms with Crippen molar-refractivity contribution in [1.82, 2.24) is 29.2 Å². The van der Waals surface area contributed by atoms with Gasteiger partial charge in [-0.05, 0) is 74.6 Å². The zero-order chi connectivity index (χ0) is 30.8. The van der Waals surface area contributed by atoms with Crippen LogP contribution in [-0.4, -0.2) is 95.3 Å². The number of benzene rings is 2. The van der Waals surface area contributed by atoms with E-state index in [1.54, 1.807) is 12.3 Å². The molecule has 2 N–H and O–H groups in total. The fourth-order valence-corrected chi connectivity index (χ4v) is 5.15. The second kappa shape index (κ2) is 14.9. The molecule has 0 radical (unpaired) electrons. The second-order valence-electron chi connectivity index (χ2n) is 10.7. The highest BCUT2D eigenvalue weighted by Crippen LogP contribution is 2.33. The zero-order valence-electron chi connectivity index (χ0n) is 24.8. The van der Waals surface area contributed by atoms with E-state index in [1.807, 2.05) is 33.7 Å². The Hall–Kier alpha value is -4.85. The minimum absolute atomic E-state index is 0.345. The number of anilines is 1. The van der Waals surface area contributed by atoms with E-state index in [-0.39, 0.29) is 0 Å². The van der Waals surface area contributed by atoms with E-state index < -0.39 is 0 Å². The Balaban J connectivity index is 0.000000296. The third-order valence-electron chi connectivity index (χ3n) is 7.68. The standard InChI is InChI=1S/C24H20N6O.C6H14N2.C3H4O/c25-13-16-3-8-21-22(12-16)30(24(28-21)20-2-1-10-27-23(20)26)19-6-4-17(5-7-19)18-9-11-29(14-18)15-31;1-7-3-5-8(2)6-4-7;1-2-3-4/h1-8,10,12,15,18H,9,11,14H2,(H2,26,27);3-6H2,1-2H3;2-3H,1H2. The molecule has 2 aliphatic rings. The van der Waals surface area contributed by atoms with Crippen molar-refractivity contribution in [1.29, 1.82) is 5.26 Å². The number of likely N-dealkylation sites (N-methyl/N-ethyl adjacent to an activating group) is 2. The van der Waals surface area contributed by atoms with Crippen LogP contribution in [-0.2, 0) is 9.59 Å². The number of nitrogens with two attached hydrogens (primary N) is 1. The van der Waals surface area contributed by atoms with E-state index in [9.17, 15) is 10.1 Å². The Bertz CT molecular complexity index is 1570. The molecule has 0 saturated carbocycles. The lowest BCUT2D eigenvalue weighted by atomic mass is 9.98. The summed E-state index contributed by atoms with van der Waals surface area (Å²) in [6.07, 6.45) is 5.37. The lowest BCUT2D eigenvalue weighted by molar-refractivity contribution is -0.117. The molecule has 2 aliphatic heterocycles. The Morgan fingerprint density at radius 2 is 1.67 bits per heavy atom. The molecule has 43 heavy (non-hydrogen) atoms. The van der Waals surface area contributed by atoms with Crippen molar-refractivity contribution in [3.8, 4) is 23.1 Å². The van der Waals surface area contributed by atoms with Crippen molar-refractivity contribution < 1.29 is 9.59 Å².